The molecule has 0 saturated heterocycles. The molecule has 3 rings (SSSR count). The molecule has 2 atom stereocenters. The molecule has 0 aromatic heterocycles. The molecule has 1 amide bonds. The Bertz CT molecular complexity index is 685. The van der Waals surface area contributed by atoms with Gasteiger partial charge < -0.3 is 15.4 Å². The van der Waals surface area contributed by atoms with Crippen molar-refractivity contribution in [3.63, 3.8) is 0 Å². The van der Waals surface area contributed by atoms with Gasteiger partial charge in [-0.1, -0.05) is 36.4 Å². The van der Waals surface area contributed by atoms with Crippen molar-refractivity contribution in [1.29, 1.82) is 0 Å². The quantitative estimate of drug-likeness (QED) is 0.947. The van der Waals surface area contributed by atoms with Crippen LogP contribution in [0.4, 0.5) is 5.69 Å². The second-order valence-corrected chi connectivity index (χ2v) is 5.67. The number of ether oxygens (including phenoxy) is 1. The first-order chi connectivity index (χ1) is 10.6. The molecule has 2 N–H and O–H groups in total. The van der Waals surface area contributed by atoms with E-state index in [-0.39, 0.29) is 11.9 Å². The highest BCUT2D eigenvalue weighted by Gasteiger charge is 2.37. The minimum atomic E-state index is -0.621. The SMILES string of the molecule is Cc1ccc2c(c1)OC(c1ccccc1)C(=O)N2C(C)CN. The lowest BCUT2D eigenvalue weighted by Gasteiger charge is -2.37. The fraction of sp³-hybridized carbons (Fsp3) is 0.278. The van der Waals surface area contributed by atoms with Gasteiger partial charge >= 0.3 is 0 Å². The summed E-state index contributed by atoms with van der Waals surface area (Å²) in [6.45, 7) is 4.36. The van der Waals surface area contributed by atoms with Gasteiger partial charge in [-0.2, -0.15) is 0 Å². The summed E-state index contributed by atoms with van der Waals surface area (Å²) in [4.78, 5) is 14.7. The van der Waals surface area contributed by atoms with E-state index in [0.717, 1.165) is 22.6 Å². The maximum Gasteiger partial charge on any atom is 0.273 e. The van der Waals surface area contributed by atoms with Crippen molar-refractivity contribution in [2.75, 3.05) is 11.4 Å². The van der Waals surface area contributed by atoms with Gasteiger partial charge in [0.2, 0.25) is 6.10 Å². The molecule has 1 aliphatic rings. The lowest BCUT2D eigenvalue weighted by atomic mass is 10.0. The Morgan fingerprint density at radius 1 is 1.23 bits per heavy atom. The molecule has 0 spiro atoms. The van der Waals surface area contributed by atoms with Crippen LogP contribution < -0.4 is 15.4 Å². The predicted octanol–water partition coefficient (Wildman–Crippen LogP) is 2.81. The second kappa shape index (κ2) is 5.81. The molecular weight excluding hydrogens is 276 g/mol. The molecule has 1 aliphatic heterocycles. The van der Waals surface area contributed by atoms with E-state index in [1.165, 1.54) is 0 Å². The number of carbonyl (C=O) groups excluding carboxylic acids is 1. The third-order valence-corrected chi connectivity index (χ3v) is 3.97. The summed E-state index contributed by atoms with van der Waals surface area (Å²) >= 11 is 0. The van der Waals surface area contributed by atoms with Crippen molar-refractivity contribution in [2.45, 2.75) is 26.0 Å². The van der Waals surface area contributed by atoms with Gasteiger partial charge in [-0.3, -0.25) is 4.79 Å². The fourth-order valence-electron chi connectivity index (χ4n) is 2.74. The van der Waals surface area contributed by atoms with Crippen LogP contribution in [0.3, 0.4) is 0 Å². The minimum absolute atomic E-state index is 0.0690. The number of hydrogen-bond acceptors (Lipinski definition) is 3. The number of aryl methyl sites for hydroxylation is 1. The Morgan fingerprint density at radius 2 is 1.95 bits per heavy atom. The molecule has 1 heterocycles. The van der Waals surface area contributed by atoms with Crippen LogP contribution in [0.5, 0.6) is 5.75 Å². The van der Waals surface area contributed by atoms with Crippen LogP contribution in [0.15, 0.2) is 48.5 Å². The lowest BCUT2D eigenvalue weighted by Crippen LogP contribution is -2.48. The maximum absolute atomic E-state index is 12.9. The molecule has 114 valence electrons. The van der Waals surface area contributed by atoms with E-state index in [9.17, 15) is 4.79 Å². The smallest absolute Gasteiger partial charge is 0.273 e. The van der Waals surface area contributed by atoms with Gasteiger partial charge in [0.05, 0.1) is 5.69 Å². The largest absolute Gasteiger partial charge is 0.474 e. The van der Waals surface area contributed by atoms with E-state index >= 15 is 0 Å². The molecular formula is C18H20N2O2. The topological polar surface area (TPSA) is 55.6 Å². The van der Waals surface area contributed by atoms with E-state index in [2.05, 4.69) is 0 Å². The number of rotatable bonds is 3. The zero-order valence-electron chi connectivity index (χ0n) is 12.8. The first-order valence-electron chi connectivity index (χ1n) is 7.47. The molecule has 2 aromatic carbocycles. The average Bonchev–Trinajstić information content (AvgIpc) is 2.54. The van der Waals surface area contributed by atoms with Crippen LogP contribution in [0.1, 0.15) is 24.2 Å². The van der Waals surface area contributed by atoms with E-state index in [0.29, 0.717) is 6.54 Å². The van der Waals surface area contributed by atoms with Crippen LogP contribution in [-0.4, -0.2) is 18.5 Å². The third-order valence-electron chi connectivity index (χ3n) is 3.97. The molecule has 22 heavy (non-hydrogen) atoms. The van der Waals surface area contributed by atoms with E-state index in [4.69, 9.17) is 10.5 Å². The van der Waals surface area contributed by atoms with E-state index in [1.54, 1.807) is 4.90 Å². The van der Waals surface area contributed by atoms with Gasteiger partial charge in [-0.15, -0.1) is 0 Å². The average molecular weight is 296 g/mol. The van der Waals surface area contributed by atoms with Crippen molar-refractivity contribution in [3.05, 3.63) is 59.7 Å². The summed E-state index contributed by atoms with van der Waals surface area (Å²) in [5.41, 5.74) is 8.55. The highest BCUT2D eigenvalue weighted by atomic mass is 16.5. The van der Waals surface area contributed by atoms with Gasteiger partial charge in [0, 0.05) is 18.2 Å². The van der Waals surface area contributed by atoms with E-state index in [1.807, 2.05) is 62.4 Å². The number of nitrogens with two attached hydrogens (primary N) is 1. The van der Waals surface area contributed by atoms with Gasteiger partial charge in [-0.25, -0.2) is 0 Å². The molecule has 4 heteroatoms. The highest BCUT2D eigenvalue weighted by Crippen LogP contribution is 2.40. The van der Waals surface area contributed by atoms with Crippen molar-refractivity contribution >= 4 is 11.6 Å². The zero-order valence-corrected chi connectivity index (χ0v) is 12.8. The van der Waals surface area contributed by atoms with Gasteiger partial charge in [0.25, 0.3) is 5.91 Å². The Kier molecular flexibility index (Phi) is 3.86. The first-order valence-corrected chi connectivity index (χ1v) is 7.47. The predicted molar refractivity (Wildman–Crippen MR) is 87.0 cm³/mol. The van der Waals surface area contributed by atoms with Crippen LogP contribution >= 0.6 is 0 Å². The third kappa shape index (κ3) is 2.46. The van der Waals surface area contributed by atoms with Crippen LogP contribution in [0.2, 0.25) is 0 Å². The molecule has 4 nitrogen and oxygen atoms in total. The maximum atomic E-state index is 12.9. The van der Waals surface area contributed by atoms with Crippen LogP contribution in [0, 0.1) is 6.92 Å². The number of hydrogen-bond donors (Lipinski definition) is 1. The summed E-state index contributed by atoms with van der Waals surface area (Å²) in [6, 6.07) is 15.4. The van der Waals surface area contributed by atoms with Crippen LogP contribution in [0.25, 0.3) is 0 Å². The minimum Gasteiger partial charge on any atom is -0.474 e. The summed E-state index contributed by atoms with van der Waals surface area (Å²) in [5.74, 6) is 0.661. The molecule has 0 aliphatic carbocycles. The molecule has 0 fully saturated rings. The summed E-state index contributed by atoms with van der Waals surface area (Å²) in [6.07, 6.45) is -0.621. The molecule has 0 saturated carbocycles. The second-order valence-electron chi connectivity index (χ2n) is 5.67. The molecule has 0 radical (unpaired) electrons. The van der Waals surface area contributed by atoms with Crippen molar-refractivity contribution in [3.8, 4) is 5.75 Å². The van der Waals surface area contributed by atoms with Gasteiger partial charge in [0.1, 0.15) is 5.75 Å². The van der Waals surface area contributed by atoms with E-state index < -0.39 is 6.10 Å². The Labute approximate surface area is 130 Å². The number of benzene rings is 2. The lowest BCUT2D eigenvalue weighted by molar-refractivity contribution is -0.127. The standard InChI is InChI=1S/C18H20N2O2/c1-12-8-9-15-16(10-12)22-17(14-6-4-3-5-7-14)18(21)20(15)13(2)11-19/h3-10,13,17H,11,19H2,1-2H3. The van der Waals surface area contributed by atoms with Crippen molar-refractivity contribution < 1.29 is 9.53 Å². The normalized spacial score (nSPS) is 18.6. The van der Waals surface area contributed by atoms with Crippen molar-refractivity contribution in [1.82, 2.24) is 0 Å². The highest BCUT2D eigenvalue weighted by molar-refractivity contribution is 6.01. The zero-order chi connectivity index (χ0) is 15.7. The van der Waals surface area contributed by atoms with Gasteiger partial charge in [0.15, 0.2) is 0 Å². The number of anilines is 1. The Morgan fingerprint density at radius 3 is 2.64 bits per heavy atom. The molecule has 0 bridgehead atoms. The van der Waals surface area contributed by atoms with Crippen LogP contribution in [-0.2, 0) is 4.79 Å². The van der Waals surface area contributed by atoms with Gasteiger partial charge in [-0.05, 0) is 31.5 Å². The number of nitrogens with zero attached hydrogens (tertiary/aromatic N) is 1. The number of amides is 1. The first kappa shape index (κ1) is 14.6. The monoisotopic (exact) mass is 296 g/mol. The molecule has 2 aromatic rings. The summed E-state index contributed by atoms with van der Waals surface area (Å²) in [7, 11) is 0. The van der Waals surface area contributed by atoms with Crippen molar-refractivity contribution in [2.24, 2.45) is 5.73 Å². The number of fused-ring (bicyclic) bond motifs is 1. The summed E-state index contributed by atoms with van der Waals surface area (Å²) in [5, 5.41) is 0. The molecule has 2 unspecified atom stereocenters. The Balaban J connectivity index is 2.09. The summed E-state index contributed by atoms with van der Waals surface area (Å²) < 4.78 is 6.00. The Hall–Kier alpha value is -2.33. The number of carbonyl (C=O) groups is 1. The fourth-order valence-corrected chi connectivity index (χ4v) is 2.74.